The molecule has 0 spiro atoms. The molecule has 2 rings (SSSR count). The van der Waals surface area contributed by atoms with Gasteiger partial charge in [0.25, 0.3) is 0 Å². The van der Waals surface area contributed by atoms with Crippen molar-refractivity contribution in [1.82, 2.24) is 5.32 Å². The average Bonchev–Trinajstić information content (AvgIpc) is 2.44. The molecule has 1 aliphatic carbocycles. The molecule has 1 fully saturated rings. The van der Waals surface area contributed by atoms with Crippen molar-refractivity contribution in [1.29, 1.82) is 0 Å². The summed E-state index contributed by atoms with van der Waals surface area (Å²) in [5.74, 6) is -0.542. The third kappa shape index (κ3) is 4.35. The van der Waals surface area contributed by atoms with Crippen LogP contribution in [0.5, 0.6) is 0 Å². The van der Waals surface area contributed by atoms with Crippen molar-refractivity contribution in [3.8, 4) is 0 Å². The van der Waals surface area contributed by atoms with Crippen LogP contribution in [-0.2, 0) is 16.0 Å². The number of amides is 2. The van der Waals surface area contributed by atoms with Crippen LogP contribution in [0.15, 0.2) is 18.2 Å². The molecule has 0 saturated heterocycles. The molecule has 3 N–H and O–H groups in total. The summed E-state index contributed by atoms with van der Waals surface area (Å²) < 4.78 is 0. The van der Waals surface area contributed by atoms with Crippen LogP contribution < -0.4 is 11.1 Å². The van der Waals surface area contributed by atoms with Crippen LogP contribution in [0.2, 0.25) is 10.0 Å². The molecule has 2 atom stereocenters. The minimum absolute atomic E-state index is 0.00158. The second-order valence-corrected chi connectivity index (χ2v) is 6.21. The van der Waals surface area contributed by atoms with E-state index in [1.807, 2.05) is 0 Å². The Bertz CT molecular complexity index is 548. The number of carbonyl (C=O) groups is 2. The van der Waals surface area contributed by atoms with Crippen molar-refractivity contribution in [3.63, 3.8) is 0 Å². The SMILES string of the molecule is NC(=O)[C@@H]1CCC[C@H](NC(=O)Cc2cccc(Cl)c2Cl)C1. The van der Waals surface area contributed by atoms with Crippen molar-refractivity contribution in [2.75, 3.05) is 0 Å². The number of carbonyl (C=O) groups excluding carboxylic acids is 2. The van der Waals surface area contributed by atoms with E-state index in [1.165, 1.54) is 0 Å². The lowest BCUT2D eigenvalue weighted by atomic mass is 9.85. The molecule has 0 unspecified atom stereocenters. The van der Waals surface area contributed by atoms with Gasteiger partial charge in [0.05, 0.1) is 16.5 Å². The first-order valence-corrected chi connectivity index (χ1v) is 7.74. The lowest BCUT2D eigenvalue weighted by molar-refractivity contribution is -0.125. The van der Waals surface area contributed by atoms with Gasteiger partial charge >= 0.3 is 0 Å². The molecule has 1 aromatic carbocycles. The van der Waals surface area contributed by atoms with Gasteiger partial charge < -0.3 is 11.1 Å². The molecule has 1 aromatic rings. The summed E-state index contributed by atoms with van der Waals surface area (Å²) in [7, 11) is 0. The van der Waals surface area contributed by atoms with E-state index in [4.69, 9.17) is 28.9 Å². The molecule has 21 heavy (non-hydrogen) atoms. The van der Waals surface area contributed by atoms with Gasteiger partial charge in [-0.2, -0.15) is 0 Å². The van der Waals surface area contributed by atoms with Gasteiger partial charge in [0.15, 0.2) is 0 Å². The summed E-state index contributed by atoms with van der Waals surface area (Å²) in [6, 6.07) is 5.23. The summed E-state index contributed by atoms with van der Waals surface area (Å²) in [4.78, 5) is 23.3. The summed E-state index contributed by atoms with van der Waals surface area (Å²) in [5, 5.41) is 3.80. The standard InChI is InChI=1S/C15H18Cl2N2O2/c16-12-6-2-3-9(14(12)17)8-13(20)19-11-5-1-4-10(7-11)15(18)21/h2-3,6,10-11H,1,4-5,7-8H2,(H2,18,21)(H,19,20)/t10-,11+/m1/s1. The van der Waals surface area contributed by atoms with Crippen molar-refractivity contribution >= 4 is 35.0 Å². The van der Waals surface area contributed by atoms with Crippen LogP contribution >= 0.6 is 23.2 Å². The molecule has 114 valence electrons. The third-order valence-corrected chi connectivity index (χ3v) is 4.68. The Hall–Kier alpha value is -1.26. The molecule has 0 aliphatic heterocycles. The maximum atomic E-state index is 12.1. The first-order chi connectivity index (χ1) is 9.97. The van der Waals surface area contributed by atoms with Crippen molar-refractivity contribution in [2.24, 2.45) is 11.7 Å². The molecule has 2 amide bonds. The minimum Gasteiger partial charge on any atom is -0.369 e. The lowest BCUT2D eigenvalue weighted by Gasteiger charge is -2.28. The number of rotatable bonds is 4. The van der Waals surface area contributed by atoms with Gasteiger partial charge in [-0.05, 0) is 30.9 Å². The fraction of sp³-hybridized carbons (Fsp3) is 0.467. The fourth-order valence-corrected chi connectivity index (χ4v) is 3.10. The highest BCUT2D eigenvalue weighted by Crippen LogP contribution is 2.27. The van der Waals surface area contributed by atoms with Crippen LogP contribution in [0.3, 0.4) is 0 Å². The summed E-state index contributed by atoms with van der Waals surface area (Å²) in [5.41, 5.74) is 6.03. The molecular formula is C15H18Cl2N2O2. The van der Waals surface area contributed by atoms with Gasteiger partial charge in [0.1, 0.15) is 0 Å². The number of hydrogen-bond acceptors (Lipinski definition) is 2. The predicted molar refractivity (Wildman–Crippen MR) is 83.2 cm³/mol. The molecule has 1 saturated carbocycles. The number of benzene rings is 1. The van der Waals surface area contributed by atoms with Crippen molar-refractivity contribution in [3.05, 3.63) is 33.8 Å². The monoisotopic (exact) mass is 328 g/mol. The minimum atomic E-state index is -0.285. The van der Waals surface area contributed by atoms with Gasteiger partial charge in [-0.25, -0.2) is 0 Å². The smallest absolute Gasteiger partial charge is 0.224 e. The quantitative estimate of drug-likeness (QED) is 0.891. The predicted octanol–water partition coefficient (Wildman–Crippen LogP) is 2.70. The number of halogens is 2. The van der Waals surface area contributed by atoms with Crippen molar-refractivity contribution in [2.45, 2.75) is 38.1 Å². The summed E-state index contributed by atoms with van der Waals surface area (Å²) in [6.07, 6.45) is 3.37. The number of primary amides is 1. The van der Waals surface area contributed by atoms with Gasteiger partial charge in [-0.15, -0.1) is 0 Å². The van der Waals surface area contributed by atoms with Gasteiger partial charge in [-0.1, -0.05) is 41.8 Å². The van der Waals surface area contributed by atoms with Crippen LogP contribution in [0.1, 0.15) is 31.2 Å². The number of hydrogen-bond donors (Lipinski definition) is 2. The van der Waals surface area contributed by atoms with Gasteiger partial charge in [-0.3, -0.25) is 9.59 Å². The zero-order valence-electron chi connectivity index (χ0n) is 11.6. The molecule has 0 aromatic heterocycles. The second kappa shape index (κ2) is 7.14. The number of nitrogens with two attached hydrogens (primary N) is 1. The Morgan fingerprint density at radius 1 is 1.29 bits per heavy atom. The molecule has 1 aliphatic rings. The van der Waals surface area contributed by atoms with E-state index in [0.29, 0.717) is 22.0 Å². The Morgan fingerprint density at radius 2 is 2.05 bits per heavy atom. The Balaban J connectivity index is 1.92. The lowest BCUT2D eigenvalue weighted by Crippen LogP contribution is -2.41. The van der Waals surface area contributed by atoms with Gasteiger partial charge in [0, 0.05) is 12.0 Å². The van der Waals surface area contributed by atoms with E-state index in [9.17, 15) is 9.59 Å². The Labute approximate surface area is 134 Å². The molecule has 0 radical (unpaired) electrons. The zero-order chi connectivity index (χ0) is 15.4. The van der Waals surface area contributed by atoms with E-state index in [1.54, 1.807) is 18.2 Å². The van der Waals surface area contributed by atoms with Crippen molar-refractivity contribution < 1.29 is 9.59 Å². The number of nitrogens with one attached hydrogen (secondary N) is 1. The first kappa shape index (κ1) is 16.1. The highest BCUT2D eigenvalue weighted by atomic mass is 35.5. The largest absolute Gasteiger partial charge is 0.369 e. The fourth-order valence-electron chi connectivity index (χ4n) is 2.72. The Morgan fingerprint density at radius 3 is 2.76 bits per heavy atom. The van der Waals surface area contributed by atoms with E-state index >= 15 is 0 Å². The van der Waals surface area contributed by atoms with E-state index in [2.05, 4.69) is 5.32 Å². The molecule has 0 bridgehead atoms. The summed E-state index contributed by atoms with van der Waals surface area (Å²) in [6.45, 7) is 0. The summed E-state index contributed by atoms with van der Waals surface area (Å²) >= 11 is 12.0. The molecular weight excluding hydrogens is 311 g/mol. The second-order valence-electron chi connectivity index (χ2n) is 5.42. The maximum absolute atomic E-state index is 12.1. The maximum Gasteiger partial charge on any atom is 0.224 e. The average molecular weight is 329 g/mol. The van der Waals surface area contributed by atoms with Crippen LogP contribution in [-0.4, -0.2) is 17.9 Å². The normalized spacial score (nSPS) is 21.8. The van der Waals surface area contributed by atoms with E-state index in [-0.39, 0.29) is 30.2 Å². The highest BCUT2D eigenvalue weighted by molar-refractivity contribution is 6.42. The van der Waals surface area contributed by atoms with Gasteiger partial charge in [0.2, 0.25) is 11.8 Å². The van der Waals surface area contributed by atoms with Crippen LogP contribution in [0.25, 0.3) is 0 Å². The van der Waals surface area contributed by atoms with Crippen LogP contribution in [0, 0.1) is 5.92 Å². The topological polar surface area (TPSA) is 72.2 Å². The van der Waals surface area contributed by atoms with E-state index in [0.717, 1.165) is 19.3 Å². The third-order valence-electron chi connectivity index (χ3n) is 3.82. The van der Waals surface area contributed by atoms with Crippen LogP contribution in [0.4, 0.5) is 0 Å². The first-order valence-electron chi connectivity index (χ1n) is 6.99. The molecule has 0 heterocycles. The zero-order valence-corrected chi connectivity index (χ0v) is 13.1. The Kier molecular flexibility index (Phi) is 5.48. The highest BCUT2D eigenvalue weighted by Gasteiger charge is 2.26. The molecule has 4 nitrogen and oxygen atoms in total. The molecule has 6 heteroatoms. The van der Waals surface area contributed by atoms with E-state index < -0.39 is 0 Å².